The number of carbonyl (C=O) groups excluding carboxylic acids is 1. The van der Waals surface area contributed by atoms with Crippen molar-refractivity contribution >= 4 is 27.6 Å². The molecule has 0 bridgehead atoms. The molecule has 0 atom stereocenters. The first-order chi connectivity index (χ1) is 13.7. The third-order valence-electron chi connectivity index (χ3n) is 4.20. The van der Waals surface area contributed by atoms with E-state index in [-0.39, 0.29) is 21.7 Å². The number of nitrogens with zero attached hydrogens (tertiary/aromatic N) is 1. The number of hydrogen-bond donors (Lipinski definition) is 1. The Hall–Kier alpha value is -3.07. The number of esters is 1. The van der Waals surface area contributed by atoms with Crippen LogP contribution in [0.1, 0.15) is 40.5 Å². The summed E-state index contributed by atoms with van der Waals surface area (Å²) in [4.78, 5) is 23.2. The average molecular weight is 421 g/mol. The number of sulfonamides is 1. The molecule has 0 heterocycles. The van der Waals surface area contributed by atoms with Gasteiger partial charge in [-0.1, -0.05) is 13.3 Å². The number of hydrogen-bond acceptors (Lipinski definition) is 6. The van der Waals surface area contributed by atoms with E-state index in [0.717, 1.165) is 30.3 Å². The van der Waals surface area contributed by atoms with E-state index in [4.69, 9.17) is 4.74 Å². The maximum absolute atomic E-state index is 13.0. The lowest BCUT2D eigenvalue weighted by molar-refractivity contribution is 0.0600. The topological polar surface area (TPSA) is 110 Å². The predicted molar refractivity (Wildman–Crippen MR) is 107 cm³/mol. The second-order valence-electron chi connectivity index (χ2n) is 6.21. The molecule has 2 aromatic rings. The predicted octanol–water partition coefficient (Wildman–Crippen LogP) is 3.18. The SMILES string of the molecule is CCCCOc1ccc(S(=O)(=O)N(C)c2cc(C(=O)O)cc(C(=O)OC)c2)cc1. The molecule has 0 aromatic heterocycles. The van der Waals surface area contributed by atoms with Crippen LogP contribution in [0.15, 0.2) is 47.4 Å². The Balaban J connectivity index is 2.36. The van der Waals surface area contributed by atoms with Crippen LogP contribution < -0.4 is 9.04 Å². The molecule has 0 unspecified atom stereocenters. The summed E-state index contributed by atoms with van der Waals surface area (Å²) in [5.74, 6) is -1.51. The average Bonchev–Trinajstić information content (AvgIpc) is 2.72. The minimum atomic E-state index is -3.99. The first-order valence-corrected chi connectivity index (χ1v) is 10.3. The van der Waals surface area contributed by atoms with Gasteiger partial charge in [0.25, 0.3) is 10.0 Å². The van der Waals surface area contributed by atoms with Gasteiger partial charge in [0.05, 0.1) is 35.4 Å². The van der Waals surface area contributed by atoms with Crippen LogP contribution in [-0.2, 0) is 14.8 Å². The highest BCUT2D eigenvalue weighted by molar-refractivity contribution is 7.92. The molecule has 0 aliphatic heterocycles. The number of benzene rings is 2. The fraction of sp³-hybridized carbons (Fsp3) is 0.300. The van der Waals surface area contributed by atoms with Crippen LogP contribution in [0.3, 0.4) is 0 Å². The van der Waals surface area contributed by atoms with Crippen molar-refractivity contribution < 1.29 is 32.6 Å². The second-order valence-corrected chi connectivity index (χ2v) is 8.18. The van der Waals surface area contributed by atoms with Crippen LogP contribution in [0, 0.1) is 0 Å². The number of anilines is 1. The molecule has 0 saturated heterocycles. The highest BCUT2D eigenvalue weighted by Crippen LogP contribution is 2.26. The van der Waals surface area contributed by atoms with Crippen molar-refractivity contribution in [1.82, 2.24) is 0 Å². The Kier molecular flexibility index (Phi) is 7.22. The minimum absolute atomic E-state index is 0.00295. The van der Waals surface area contributed by atoms with Crippen molar-refractivity contribution in [3.05, 3.63) is 53.6 Å². The molecule has 1 N–H and O–H groups in total. The smallest absolute Gasteiger partial charge is 0.337 e. The van der Waals surface area contributed by atoms with Crippen molar-refractivity contribution in [1.29, 1.82) is 0 Å². The van der Waals surface area contributed by atoms with E-state index in [9.17, 15) is 23.1 Å². The van der Waals surface area contributed by atoms with Crippen molar-refractivity contribution in [3.63, 3.8) is 0 Å². The van der Waals surface area contributed by atoms with Gasteiger partial charge in [0.1, 0.15) is 5.75 Å². The molecule has 8 nitrogen and oxygen atoms in total. The summed E-state index contributed by atoms with van der Waals surface area (Å²) in [5, 5.41) is 9.28. The summed E-state index contributed by atoms with van der Waals surface area (Å²) in [5.41, 5.74) is -0.276. The maximum atomic E-state index is 13.0. The van der Waals surface area contributed by atoms with E-state index in [1.54, 1.807) is 12.1 Å². The molecule has 29 heavy (non-hydrogen) atoms. The molecule has 2 aromatic carbocycles. The molecule has 9 heteroatoms. The van der Waals surface area contributed by atoms with Crippen LogP contribution >= 0.6 is 0 Å². The highest BCUT2D eigenvalue weighted by Gasteiger charge is 2.24. The van der Waals surface area contributed by atoms with Gasteiger partial charge in [-0.3, -0.25) is 4.31 Å². The number of ether oxygens (including phenoxy) is 2. The molecule has 0 saturated carbocycles. The lowest BCUT2D eigenvalue weighted by Crippen LogP contribution is -2.27. The fourth-order valence-corrected chi connectivity index (χ4v) is 3.67. The summed E-state index contributed by atoms with van der Waals surface area (Å²) in [6.07, 6.45) is 1.88. The molecular weight excluding hydrogens is 398 g/mol. The molecule has 156 valence electrons. The van der Waals surface area contributed by atoms with Crippen LogP contribution in [0.4, 0.5) is 5.69 Å². The number of carboxylic acid groups (broad SMARTS) is 1. The normalized spacial score (nSPS) is 11.0. The van der Waals surface area contributed by atoms with E-state index in [0.29, 0.717) is 12.4 Å². The molecule has 0 amide bonds. The van der Waals surface area contributed by atoms with Gasteiger partial charge in [0.15, 0.2) is 0 Å². The van der Waals surface area contributed by atoms with Gasteiger partial charge in [-0.2, -0.15) is 0 Å². The monoisotopic (exact) mass is 421 g/mol. The number of carbonyl (C=O) groups is 2. The van der Waals surface area contributed by atoms with Crippen molar-refractivity contribution in [2.24, 2.45) is 0 Å². The van der Waals surface area contributed by atoms with Gasteiger partial charge in [-0.25, -0.2) is 18.0 Å². The van der Waals surface area contributed by atoms with Gasteiger partial charge in [0, 0.05) is 7.05 Å². The largest absolute Gasteiger partial charge is 0.494 e. The van der Waals surface area contributed by atoms with Crippen LogP contribution in [0.2, 0.25) is 0 Å². The van der Waals surface area contributed by atoms with Crippen LogP contribution in [-0.4, -0.2) is 46.2 Å². The quantitative estimate of drug-likeness (QED) is 0.489. The van der Waals surface area contributed by atoms with Crippen molar-refractivity contribution in [2.75, 3.05) is 25.1 Å². The van der Waals surface area contributed by atoms with Crippen molar-refractivity contribution in [2.45, 2.75) is 24.7 Å². The highest BCUT2D eigenvalue weighted by atomic mass is 32.2. The number of methoxy groups -OCH3 is 1. The standard InChI is InChI=1S/C20H23NO7S/c1-4-5-10-28-17-6-8-18(9-7-17)29(25,26)21(2)16-12-14(19(22)23)11-15(13-16)20(24)27-3/h6-9,11-13H,4-5,10H2,1-3H3,(H,22,23). The van der Waals surface area contributed by atoms with Crippen LogP contribution in [0.5, 0.6) is 5.75 Å². The molecular formula is C20H23NO7S. The minimum Gasteiger partial charge on any atom is -0.494 e. The molecule has 2 rings (SSSR count). The lowest BCUT2D eigenvalue weighted by Gasteiger charge is -2.21. The van der Waals surface area contributed by atoms with Gasteiger partial charge < -0.3 is 14.6 Å². The fourth-order valence-electron chi connectivity index (χ4n) is 2.49. The van der Waals surface area contributed by atoms with Gasteiger partial charge >= 0.3 is 11.9 Å². The summed E-state index contributed by atoms with van der Waals surface area (Å²) in [7, 11) is -1.56. The first kappa shape index (κ1) is 22.2. The summed E-state index contributed by atoms with van der Waals surface area (Å²) in [6, 6.07) is 9.51. The third kappa shape index (κ3) is 5.26. The number of rotatable bonds is 9. The zero-order chi connectivity index (χ0) is 21.6. The molecule has 0 fully saturated rings. The van der Waals surface area contributed by atoms with E-state index in [1.807, 2.05) is 6.92 Å². The summed E-state index contributed by atoms with van der Waals surface area (Å²) in [6.45, 7) is 2.58. The van der Waals surface area contributed by atoms with Gasteiger partial charge in [-0.15, -0.1) is 0 Å². The van der Waals surface area contributed by atoms with Gasteiger partial charge in [0.2, 0.25) is 0 Å². The van der Waals surface area contributed by atoms with Crippen molar-refractivity contribution in [3.8, 4) is 5.75 Å². The second kappa shape index (κ2) is 9.42. The van der Waals surface area contributed by atoms with E-state index in [1.165, 1.54) is 31.3 Å². The van der Waals surface area contributed by atoms with E-state index < -0.39 is 22.0 Å². The Bertz CT molecular complexity index is 984. The molecule has 0 aliphatic rings. The van der Waals surface area contributed by atoms with E-state index in [2.05, 4.69) is 4.74 Å². The Labute approximate surface area is 169 Å². The first-order valence-electron chi connectivity index (χ1n) is 8.89. The Morgan fingerprint density at radius 3 is 2.24 bits per heavy atom. The summed E-state index contributed by atoms with van der Waals surface area (Å²) >= 11 is 0. The summed E-state index contributed by atoms with van der Waals surface area (Å²) < 4.78 is 37.0. The molecule has 0 radical (unpaired) electrons. The number of carboxylic acids is 1. The Morgan fingerprint density at radius 1 is 1.07 bits per heavy atom. The van der Waals surface area contributed by atoms with E-state index >= 15 is 0 Å². The lowest BCUT2D eigenvalue weighted by atomic mass is 10.1. The molecule has 0 aliphatic carbocycles. The zero-order valence-electron chi connectivity index (χ0n) is 16.4. The zero-order valence-corrected chi connectivity index (χ0v) is 17.2. The number of unbranched alkanes of at least 4 members (excludes halogenated alkanes) is 1. The third-order valence-corrected chi connectivity index (χ3v) is 6.00. The number of aromatic carboxylic acids is 1. The maximum Gasteiger partial charge on any atom is 0.337 e. The van der Waals surface area contributed by atoms with Gasteiger partial charge in [-0.05, 0) is 48.9 Å². The molecule has 0 spiro atoms. The van der Waals surface area contributed by atoms with Crippen LogP contribution in [0.25, 0.3) is 0 Å². The Morgan fingerprint density at radius 2 is 1.69 bits per heavy atom.